The lowest BCUT2D eigenvalue weighted by Gasteiger charge is -2.20. The van der Waals surface area contributed by atoms with Gasteiger partial charge in [-0.25, -0.2) is 13.1 Å². The smallest absolute Gasteiger partial charge is 0.240 e. The number of benzene rings is 2. The van der Waals surface area contributed by atoms with Crippen LogP contribution in [0.25, 0.3) is 0 Å². The summed E-state index contributed by atoms with van der Waals surface area (Å²) in [7, 11) is -3.66. The molecule has 1 atom stereocenters. The molecule has 0 saturated carbocycles. The first-order chi connectivity index (χ1) is 15.5. The van der Waals surface area contributed by atoms with Gasteiger partial charge in [0.15, 0.2) is 0 Å². The minimum Gasteiger partial charge on any atom is -0.345 e. The van der Waals surface area contributed by atoms with Crippen LogP contribution in [0.3, 0.4) is 0 Å². The van der Waals surface area contributed by atoms with Crippen LogP contribution in [0.1, 0.15) is 47.6 Å². The van der Waals surface area contributed by atoms with Gasteiger partial charge in [0.05, 0.1) is 10.9 Å². The van der Waals surface area contributed by atoms with Crippen molar-refractivity contribution in [1.82, 2.24) is 15.0 Å². The second-order valence-electron chi connectivity index (χ2n) is 7.98. The van der Waals surface area contributed by atoms with Crippen LogP contribution in [0.15, 0.2) is 78.0 Å². The van der Waals surface area contributed by atoms with Gasteiger partial charge in [0, 0.05) is 25.4 Å². The summed E-state index contributed by atoms with van der Waals surface area (Å²) >= 11 is 0. The van der Waals surface area contributed by atoms with E-state index in [1.165, 1.54) is 5.56 Å². The molecule has 0 spiro atoms. The molecule has 2 N–H and O–H groups in total. The fourth-order valence-electron chi connectivity index (χ4n) is 4.05. The fourth-order valence-corrected chi connectivity index (χ4v) is 5.13. The molecule has 0 bridgehead atoms. The van der Waals surface area contributed by atoms with E-state index in [-0.39, 0.29) is 29.8 Å². The predicted octanol–water partition coefficient (Wildman–Crippen LogP) is 3.53. The Balaban J connectivity index is 1.38. The van der Waals surface area contributed by atoms with Crippen molar-refractivity contribution in [3.63, 3.8) is 0 Å². The van der Waals surface area contributed by atoms with Crippen LogP contribution in [-0.4, -0.2) is 25.9 Å². The van der Waals surface area contributed by atoms with E-state index >= 15 is 0 Å². The lowest BCUT2D eigenvalue weighted by molar-refractivity contribution is -0.121. The number of nitrogens with zero attached hydrogens (tertiary/aromatic N) is 1. The van der Waals surface area contributed by atoms with Gasteiger partial charge in [0.25, 0.3) is 0 Å². The molecule has 1 amide bonds. The van der Waals surface area contributed by atoms with Gasteiger partial charge in [0.1, 0.15) is 0 Å². The van der Waals surface area contributed by atoms with Crippen molar-refractivity contribution in [2.45, 2.75) is 43.0 Å². The van der Waals surface area contributed by atoms with E-state index in [1.54, 1.807) is 24.5 Å². The number of rotatable bonds is 8. The number of hydrogen-bond donors (Lipinski definition) is 2. The van der Waals surface area contributed by atoms with Crippen LogP contribution in [0.2, 0.25) is 0 Å². The number of carbonyl (C=O) groups excluding carboxylic acids is 1. The van der Waals surface area contributed by atoms with Crippen LogP contribution >= 0.6 is 0 Å². The number of amides is 1. The molecule has 1 unspecified atom stereocenters. The Morgan fingerprint density at radius 2 is 1.59 bits per heavy atom. The maximum Gasteiger partial charge on any atom is 0.240 e. The molecule has 32 heavy (non-hydrogen) atoms. The number of aromatic nitrogens is 1. The van der Waals surface area contributed by atoms with E-state index < -0.39 is 10.0 Å². The van der Waals surface area contributed by atoms with Crippen molar-refractivity contribution in [2.24, 2.45) is 0 Å². The van der Waals surface area contributed by atoms with Gasteiger partial charge < -0.3 is 5.32 Å². The molecule has 4 rings (SSSR count). The minimum absolute atomic E-state index is 0.0309. The van der Waals surface area contributed by atoms with Crippen LogP contribution in [0, 0.1) is 0 Å². The van der Waals surface area contributed by atoms with Crippen molar-refractivity contribution in [3.8, 4) is 0 Å². The van der Waals surface area contributed by atoms with Gasteiger partial charge in [-0.15, -0.1) is 0 Å². The van der Waals surface area contributed by atoms with Crippen molar-refractivity contribution in [2.75, 3.05) is 6.54 Å². The highest BCUT2D eigenvalue weighted by molar-refractivity contribution is 7.89. The third-order valence-corrected chi connectivity index (χ3v) is 7.21. The van der Waals surface area contributed by atoms with Crippen molar-refractivity contribution < 1.29 is 13.2 Å². The van der Waals surface area contributed by atoms with E-state index in [0.29, 0.717) is 0 Å². The molecule has 0 aliphatic heterocycles. The number of hydrogen-bond acceptors (Lipinski definition) is 4. The summed E-state index contributed by atoms with van der Waals surface area (Å²) in [5.41, 5.74) is 4.20. The Kier molecular flexibility index (Phi) is 6.97. The van der Waals surface area contributed by atoms with Crippen molar-refractivity contribution >= 4 is 15.9 Å². The average molecular weight is 450 g/mol. The molecular formula is C25H27N3O3S. The molecule has 0 radical (unpaired) electrons. The van der Waals surface area contributed by atoms with Crippen LogP contribution < -0.4 is 10.0 Å². The zero-order valence-corrected chi connectivity index (χ0v) is 18.6. The van der Waals surface area contributed by atoms with Gasteiger partial charge in [-0.3, -0.25) is 9.78 Å². The third kappa shape index (κ3) is 5.41. The van der Waals surface area contributed by atoms with Crippen LogP contribution in [-0.2, 0) is 27.7 Å². The molecule has 7 heteroatoms. The summed E-state index contributed by atoms with van der Waals surface area (Å²) in [4.78, 5) is 17.0. The molecule has 166 valence electrons. The summed E-state index contributed by atoms with van der Waals surface area (Å²) in [5.74, 6) is -0.233. The summed E-state index contributed by atoms with van der Waals surface area (Å²) in [5, 5.41) is 3.02. The molecular weight excluding hydrogens is 422 g/mol. The second-order valence-corrected chi connectivity index (χ2v) is 9.74. The van der Waals surface area contributed by atoms with E-state index in [4.69, 9.17) is 0 Å². The van der Waals surface area contributed by atoms with Crippen molar-refractivity contribution in [1.29, 1.82) is 0 Å². The first-order valence-electron chi connectivity index (χ1n) is 10.9. The fraction of sp³-hybridized carbons (Fsp3) is 0.280. The number of fused-ring (bicyclic) bond motifs is 1. The minimum atomic E-state index is -3.66. The molecule has 1 aliphatic carbocycles. The molecule has 3 aromatic rings. The van der Waals surface area contributed by atoms with Crippen molar-refractivity contribution in [3.05, 3.63) is 95.3 Å². The summed E-state index contributed by atoms with van der Waals surface area (Å²) in [6, 6.07) is 18.4. The standard InChI is InChI=1S/C25H27N3O3S/c29-24(28-25(20-7-2-1-3-8-20)21-12-15-26-16-13-21)14-17-27-32(30,31)23-11-10-19-6-4-5-9-22(19)18-23/h1-3,7-8,10-13,15-16,18,25,27H,4-6,9,14,17H2,(H,28,29). The molecule has 0 fully saturated rings. The van der Waals surface area contributed by atoms with Crippen LogP contribution in [0.4, 0.5) is 0 Å². The number of carbonyl (C=O) groups is 1. The molecule has 1 heterocycles. The molecule has 6 nitrogen and oxygen atoms in total. The maximum absolute atomic E-state index is 12.7. The molecule has 1 aromatic heterocycles. The lowest BCUT2D eigenvalue weighted by atomic mass is 9.92. The first kappa shape index (κ1) is 22.2. The Labute approximate surface area is 189 Å². The molecule has 0 saturated heterocycles. The van der Waals surface area contributed by atoms with Crippen LogP contribution in [0.5, 0.6) is 0 Å². The Morgan fingerprint density at radius 3 is 2.34 bits per heavy atom. The van der Waals surface area contributed by atoms with E-state index in [1.807, 2.05) is 48.5 Å². The first-order valence-corrected chi connectivity index (χ1v) is 12.4. The van der Waals surface area contributed by atoms with Gasteiger partial charge >= 0.3 is 0 Å². The van der Waals surface area contributed by atoms with E-state index in [2.05, 4.69) is 15.0 Å². The Bertz CT molecular complexity index is 1130. The highest BCUT2D eigenvalue weighted by atomic mass is 32.2. The van der Waals surface area contributed by atoms with Gasteiger partial charge in [-0.2, -0.15) is 0 Å². The normalized spacial score (nSPS) is 14.4. The van der Waals surface area contributed by atoms with Gasteiger partial charge in [-0.05, 0) is 72.2 Å². The topological polar surface area (TPSA) is 88.2 Å². The van der Waals surface area contributed by atoms with Gasteiger partial charge in [0.2, 0.25) is 15.9 Å². The summed E-state index contributed by atoms with van der Waals surface area (Å²) in [6.07, 6.45) is 7.56. The quantitative estimate of drug-likeness (QED) is 0.551. The summed E-state index contributed by atoms with van der Waals surface area (Å²) < 4.78 is 28.0. The molecule has 2 aromatic carbocycles. The zero-order valence-electron chi connectivity index (χ0n) is 17.8. The Hall–Kier alpha value is -3.03. The third-order valence-electron chi connectivity index (χ3n) is 5.75. The lowest BCUT2D eigenvalue weighted by Crippen LogP contribution is -2.33. The van der Waals surface area contributed by atoms with E-state index in [0.717, 1.165) is 42.4 Å². The SMILES string of the molecule is O=C(CCNS(=O)(=O)c1ccc2c(c1)CCCC2)NC(c1ccccc1)c1ccncc1. The maximum atomic E-state index is 12.7. The largest absolute Gasteiger partial charge is 0.345 e. The second kappa shape index (κ2) is 10.1. The van der Waals surface area contributed by atoms with E-state index in [9.17, 15) is 13.2 Å². The average Bonchev–Trinajstić information content (AvgIpc) is 2.83. The number of aryl methyl sites for hydroxylation is 2. The Morgan fingerprint density at radius 1 is 0.906 bits per heavy atom. The number of pyridine rings is 1. The highest BCUT2D eigenvalue weighted by Crippen LogP contribution is 2.24. The summed E-state index contributed by atoms with van der Waals surface area (Å²) in [6.45, 7) is 0.0309. The highest BCUT2D eigenvalue weighted by Gasteiger charge is 2.20. The molecule has 1 aliphatic rings. The number of sulfonamides is 1. The number of nitrogens with one attached hydrogen (secondary N) is 2. The monoisotopic (exact) mass is 449 g/mol. The zero-order chi connectivity index (χ0) is 22.4. The predicted molar refractivity (Wildman–Crippen MR) is 124 cm³/mol. The van der Waals surface area contributed by atoms with Gasteiger partial charge in [-0.1, -0.05) is 36.4 Å².